The molecule has 0 saturated carbocycles. The summed E-state index contributed by atoms with van der Waals surface area (Å²) in [6.45, 7) is 7.66. The molecule has 4 nitrogen and oxygen atoms in total. The Morgan fingerprint density at radius 2 is 1.79 bits per heavy atom. The van der Waals surface area contributed by atoms with Crippen LogP contribution in [0.5, 0.6) is 11.5 Å². The summed E-state index contributed by atoms with van der Waals surface area (Å²) >= 11 is 0. The van der Waals surface area contributed by atoms with Crippen LogP contribution in [-0.2, 0) is 0 Å². The smallest absolute Gasteiger partial charge is 0.254 e. The maximum atomic E-state index is 13.0. The molecule has 1 heterocycles. The van der Waals surface area contributed by atoms with Crippen LogP contribution in [0.4, 0.5) is 0 Å². The van der Waals surface area contributed by atoms with Crippen LogP contribution in [0.3, 0.4) is 0 Å². The lowest BCUT2D eigenvalue weighted by atomic mass is 9.88. The Kier molecular flexibility index (Phi) is 4.74. The predicted octanol–water partition coefficient (Wildman–Crippen LogP) is 4.05. The van der Waals surface area contributed by atoms with Gasteiger partial charge in [0.25, 0.3) is 5.91 Å². The second kappa shape index (κ2) is 6.95. The van der Waals surface area contributed by atoms with Gasteiger partial charge >= 0.3 is 0 Å². The first-order valence-electron chi connectivity index (χ1n) is 8.44. The van der Waals surface area contributed by atoms with E-state index in [1.54, 1.807) is 0 Å². The molecular weight excluding hydrogens is 302 g/mol. The van der Waals surface area contributed by atoms with E-state index in [0.29, 0.717) is 30.2 Å². The predicted molar refractivity (Wildman–Crippen MR) is 93.8 cm³/mol. The standard InChI is InChI=1S/C20H23NO3/c1-4-21(5-2)20(22)16-11-12-17-19(24-13-23-17)18(16)14(3)15-9-7-6-8-10-15/h6-12,14H,4-5,13H2,1-3H3. The van der Waals surface area contributed by atoms with Crippen molar-refractivity contribution < 1.29 is 14.3 Å². The Morgan fingerprint density at radius 1 is 1.08 bits per heavy atom. The van der Waals surface area contributed by atoms with Crippen molar-refractivity contribution in [2.45, 2.75) is 26.7 Å². The van der Waals surface area contributed by atoms with Gasteiger partial charge in [0, 0.05) is 30.1 Å². The second-order valence-electron chi connectivity index (χ2n) is 5.87. The molecule has 24 heavy (non-hydrogen) atoms. The van der Waals surface area contributed by atoms with E-state index in [-0.39, 0.29) is 18.6 Å². The first kappa shape index (κ1) is 16.4. The quantitative estimate of drug-likeness (QED) is 0.832. The maximum absolute atomic E-state index is 13.0. The van der Waals surface area contributed by atoms with E-state index in [0.717, 1.165) is 11.1 Å². The van der Waals surface area contributed by atoms with Crippen molar-refractivity contribution in [3.05, 3.63) is 59.2 Å². The lowest BCUT2D eigenvalue weighted by Gasteiger charge is -2.23. The summed E-state index contributed by atoms with van der Waals surface area (Å²) < 4.78 is 11.2. The first-order chi connectivity index (χ1) is 11.7. The van der Waals surface area contributed by atoms with Gasteiger partial charge in [-0.05, 0) is 31.5 Å². The largest absolute Gasteiger partial charge is 0.454 e. The van der Waals surface area contributed by atoms with Crippen LogP contribution in [0.2, 0.25) is 0 Å². The fourth-order valence-corrected chi connectivity index (χ4v) is 3.20. The summed E-state index contributed by atoms with van der Waals surface area (Å²) in [7, 11) is 0. The molecule has 1 aliphatic heterocycles. The fourth-order valence-electron chi connectivity index (χ4n) is 3.20. The fraction of sp³-hybridized carbons (Fsp3) is 0.350. The molecule has 3 rings (SSSR count). The van der Waals surface area contributed by atoms with Gasteiger partial charge in [-0.25, -0.2) is 0 Å². The van der Waals surface area contributed by atoms with Gasteiger partial charge in [0.1, 0.15) is 0 Å². The van der Waals surface area contributed by atoms with Crippen LogP contribution in [0.25, 0.3) is 0 Å². The monoisotopic (exact) mass is 325 g/mol. The Labute approximate surface area is 143 Å². The molecule has 1 aliphatic rings. The van der Waals surface area contributed by atoms with Crippen LogP contribution < -0.4 is 9.47 Å². The Hall–Kier alpha value is -2.49. The number of rotatable bonds is 5. The van der Waals surface area contributed by atoms with Gasteiger partial charge in [0.15, 0.2) is 11.5 Å². The summed E-state index contributed by atoms with van der Waals surface area (Å²) in [5.41, 5.74) is 2.75. The van der Waals surface area contributed by atoms with Crippen LogP contribution in [0, 0.1) is 0 Å². The number of ether oxygens (including phenoxy) is 2. The van der Waals surface area contributed by atoms with E-state index in [1.165, 1.54) is 0 Å². The molecule has 1 atom stereocenters. The Morgan fingerprint density at radius 3 is 2.46 bits per heavy atom. The highest BCUT2D eigenvalue weighted by Crippen LogP contribution is 2.43. The van der Waals surface area contributed by atoms with E-state index < -0.39 is 0 Å². The second-order valence-corrected chi connectivity index (χ2v) is 5.87. The minimum atomic E-state index is 0.0380. The molecular formula is C20H23NO3. The summed E-state index contributed by atoms with van der Waals surface area (Å²) in [6, 6.07) is 13.9. The zero-order chi connectivity index (χ0) is 17.1. The molecule has 0 bridgehead atoms. The van der Waals surface area contributed by atoms with Gasteiger partial charge < -0.3 is 14.4 Å². The average molecular weight is 325 g/mol. The van der Waals surface area contributed by atoms with Crippen molar-refractivity contribution in [1.82, 2.24) is 4.90 Å². The molecule has 0 aromatic heterocycles. The first-order valence-corrected chi connectivity index (χ1v) is 8.44. The lowest BCUT2D eigenvalue weighted by Crippen LogP contribution is -2.31. The summed E-state index contributed by atoms with van der Waals surface area (Å²) in [4.78, 5) is 14.8. The van der Waals surface area contributed by atoms with E-state index in [1.807, 2.05) is 49.1 Å². The summed E-state index contributed by atoms with van der Waals surface area (Å²) in [6.07, 6.45) is 0. The van der Waals surface area contributed by atoms with E-state index in [2.05, 4.69) is 19.1 Å². The van der Waals surface area contributed by atoms with E-state index in [4.69, 9.17) is 9.47 Å². The minimum Gasteiger partial charge on any atom is -0.454 e. The van der Waals surface area contributed by atoms with Crippen molar-refractivity contribution in [3.8, 4) is 11.5 Å². The average Bonchev–Trinajstić information content (AvgIpc) is 3.10. The molecule has 0 radical (unpaired) electrons. The third-order valence-electron chi connectivity index (χ3n) is 4.59. The molecule has 0 spiro atoms. The Bertz CT molecular complexity index is 723. The molecule has 0 N–H and O–H groups in total. The topological polar surface area (TPSA) is 38.8 Å². The number of benzene rings is 2. The van der Waals surface area contributed by atoms with Crippen LogP contribution in [0.1, 0.15) is 48.2 Å². The third kappa shape index (κ3) is 2.84. The molecule has 0 aliphatic carbocycles. The maximum Gasteiger partial charge on any atom is 0.254 e. The SMILES string of the molecule is CCN(CC)C(=O)c1ccc2c(c1C(C)c1ccccc1)OCO2. The number of fused-ring (bicyclic) bond motifs is 1. The van der Waals surface area contributed by atoms with Crippen molar-refractivity contribution in [2.75, 3.05) is 19.9 Å². The normalized spacial score (nSPS) is 13.6. The number of hydrogen-bond acceptors (Lipinski definition) is 3. The van der Waals surface area contributed by atoms with Crippen LogP contribution in [-0.4, -0.2) is 30.7 Å². The summed E-state index contributed by atoms with van der Waals surface area (Å²) in [5, 5.41) is 0. The van der Waals surface area contributed by atoms with Crippen molar-refractivity contribution >= 4 is 5.91 Å². The summed E-state index contributed by atoms with van der Waals surface area (Å²) in [5.74, 6) is 1.49. The van der Waals surface area contributed by atoms with Crippen LogP contribution in [0.15, 0.2) is 42.5 Å². The lowest BCUT2D eigenvalue weighted by molar-refractivity contribution is 0.0771. The number of hydrogen-bond donors (Lipinski definition) is 0. The van der Waals surface area contributed by atoms with Crippen molar-refractivity contribution in [3.63, 3.8) is 0 Å². The van der Waals surface area contributed by atoms with Gasteiger partial charge in [0.05, 0.1) is 0 Å². The number of carbonyl (C=O) groups excluding carboxylic acids is 1. The molecule has 126 valence electrons. The highest BCUT2D eigenvalue weighted by molar-refractivity contribution is 5.97. The minimum absolute atomic E-state index is 0.0380. The van der Waals surface area contributed by atoms with E-state index >= 15 is 0 Å². The molecule has 1 unspecified atom stereocenters. The number of carbonyl (C=O) groups is 1. The van der Waals surface area contributed by atoms with Crippen molar-refractivity contribution in [2.24, 2.45) is 0 Å². The highest BCUT2D eigenvalue weighted by Gasteiger charge is 2.29. The van der Waals surface area contributed by atoms with Gasteiger partial charge in [-0.3, -0.25) is 4.79 Å². The van der Waals surface area contributed by atoms with Gasteiger partial charge in [0.2, 0.25) is 6.79 Å². The Balaban J connectivity index is 2.12. The number of amides is 1. The number of nitrogens with zero attached hydrogens (tertiary/aromatic N) is 1. The molecule has 2 aromatic rings. The zero-order valence-electron chi connectivity index (χ0n) is 14.4. The van der Waals surface area contributed by atoms with Gasteiger partial charge in [-0.15, -0.1) is 0 Å². The molecule has 0 saturated heterocycles. The van der Waals surface area contributed by atoms with Crippen molar-refractivity contribution in [1.29, 1.82) is 0 Å². The molecule has 1 amide bonds. The van der Waals surface area contributed by atoms with Crippen LogP contribution >= 0.6 is 0 Å². The third-order valence-corrected chi connectivity index (χ3v) is 4.59. The van der Waals surface area contributed by atoms with Gasteiger partial charge in [-0.1, -0.05) is 37.3 Å². The molecule has 4 heteroatoms. The highest BCUT2D eigenvalue weighted by atomic mass is 16.7. The zero-order valence-corrected chi connectivity index (χ0v) is 14.4. The molecule has 0 fully saturated rings. The van der Waals surface area contributed by atoms with Gasteiger partial charge in [-0.2, -0.15) is 0 Å². The van der Waals surface area contributed by atoms with E-state index in [9.17, 15) is 4.79 Å². The molecule has 2 aromatic carbocycles.